The average molecular weight is 350 g/mol. The Hall–Kier alpha value is -1.08. The minimum Gasteiger partial charge on any atom is -0.384 e. The van der Waals surface area contributed by atoms with Gasteiger partial charge in [0.1, 0.15) is 10.1 Å². The average Bonchev–Trinajstić information content (AvgIpc) is 2.69. The highest BCUT2D eigenvalue weighted by Crippen LogP contribution is 2.24. The molecular formula is C9H5Cl4NO5. The van der Waals surface area contributed by atoms with E-state index in [-0.39, 0.29) is 21.6 Å². The first kappa shape index (κ1) is 16.0. The van der Waals surface area contributed by atoms with Crippen molar-refractivity contribution >= 4 is 70.2 Å². The topological polar surface area (TPSA) is 80.8 Å². The van der Waals surface area contributed by atoms with Crippen LogP contribution in [0.1, 0.15) is 1.43 Å². The number of esters is 2. The fraction of sp³-hybridized carbons (Fsp3) is 0.111. The van der Waals surface area contributed by atoms with Crippen LogP contribution in [-0.2, 0) is 23.9 Å². The number of carbonyl (C=O) groups is 4. The van der Waals surface area contributed by atoms with Gasteiger partial charge in [-0.2, -0.15) is 0 Å². The maximum absolute atomic E-state index is 10.8. The molecule has 2 rings (SSSR count). The molecule has 0 saturated carbocycles. The van der Waals surface area contributed by atoms with Gasteiger partial charge in [-0.3, -0.25) is 14.5 Å². The molecule has 2 aliphatic heterocycles. The van der Waals surface area contributed by atoms with Crippen LogP contribution in [0.4, 0.5) is 0 Å². The Morgan fingerprint density at radius 1 is 0.789 bits per heavy atom. The second-order valence-electron chi connectivity index (χ2n) is 3.10. The third kappa shape index (κ3) is 3.09. The number of imide groups is 1. The zero-order chi connectivity index (χ0) is 14.9. The summed E-state index contributed by atoms with van der Waals surface area (Å²) in [5.41, 5.74) is 0. The van der Waals surface area contributed by atoms with E-state index >= 15 is 0 Å². The fourth-order valence-corrected chi connectivity index (χ4v) is 1.57. The van der Waals surface area contributed by atoms with Gasteiger partial charge in [0, 0.05) is 8.47 Å². The Bertz CT molecular complexity index is 525. The molecule has 0 unspecified atom stereocenters. The highest BCUT2D eigenvalue weighted by molar-refractivity contribution is 6.58. The van der Waals surface area contributed by atoms with Crippen LogP contribution < -0.4 is 0 Å². The molecule has 0 atom stereocenters. The highest BCUT2D eigenvalue weighted by atomic mass is 35.5. The smallest absolute Gasteiger partial charge is 0.359 e. The Morgan fingerprint density at radius 2 is 1.11 bits per heavy atom. The van der Waals surface area contributed by atoms with Gasteiger partial charge in [0.2, 0.25) is 0 Å². The molecule has 104 valence electrons. The molecule has 0 radical (unpaired) electrons. The number of nitrogens with zero attached hydrogens (tertiary/aromatic N) is 1. The van der Waals surface area contributed by atoms with Crippen LogP contribution in [-0.4, -0.2) is 35.7 Å². The van der Waals surface area contributed by atoms with Crippen molar-refractivity contribution in [3.8, 4) is 0 Å². The summed E-state index contributed by atoms with van der Waals surface area (Å²) < 4.78 is 3.97. The monoisotopic (exact) mass is 348 g/mol. The summed E-state index contributed by atoms with van der Waals surface area (Å²) in [5, 5.41) is -1.09. The van der Waals surface area contributed by atoms with E-state index in [4.69, 9.17) is 46.4 Å². The second-order valence-corrected chi connectivity index (χ2v) is 4.61. The minimum absolute atomic E-state index is 0. The number of rotatable bonds is 0. The molecule has 0 aromatic heterocycles. The number of cyclic esters (lactones) is 2. The molecule has 0 N–H and O–H groups in total. The number of carbonyl (C=O) groups excluding carboxylic acids is 4. The van der Waals surface area contributed by atoms with Crippen molar-refractivity contribution in [1.82, 2.24) is 4.90 Å². The van der Waals surface area contributed by atoms with Crippen molar-refractivity contribution in [3.05, 3.63) is 20.1 Å². The SMILES string of the molecule is CN1C(=O)C(Cl)=C(Cl)C1=O.O=C1OC(=O)C(Cl)=C1Cl.[2HH]. The van der Waals surface area contributed by atoms with Crippen LogP contribution in [0.25, 0.3) is 0 Å². The lowest BCUT2D eigenvalue weighted by Crippen LogP contribution is -2.25. The lowest BCUT2D eigenvalue weighted by Gasteiger charge is -2.02. The molecule has 0 spiro atoms. The highest BCUT2D eigenvalue weighted by Gasteiger charge is 2.33. The summed E-state index contributed by atoms with van der Waals surface area (Å²) in [6.07, 6.45) is 0. The molecular weight excluding hydrogens is 344 g/mol. The predicted molar refractivity (Wildman–Crippen MR) is 68.5 cm³/mol. The van der Waals surface area contributed by atoms with E-state index in [0.29, 0.717) is 0 Å². The zero-order valence-electron chi connectivity index (χ0n) is 9.00. The van der Waals surface area contributed by atoms with E-state index in [1.165, 1.54) is 7.05 Å². The van der Waals surface area contributed by atoms with Crippen molar-refractivity contribution < 1.29 is 25.3 Å². The number of likely N-dealkylation sites (N-methyl/N-ethyl adjacent to an activating group) is 1. The maximum Gasteiger partial charge on any atom is 0.359 e. The molecule has 10 heteroatoms. The number of amides is 2. The van der Waals surface area contributed by atoms with Gasteiger partial charge in [0.15, 0.2) is 10.1 Å². The van der Waals surface area contributed by atoms with Gasteiger partial charge in [0.25, 0.3) is 11.8 Å². The maximum atomic E-state index is 10.8. The summed E-state index contributed by atoms with van der Waals surface area (Å²) in [7, 11) is 1.32. The van der Waals surface area contributed by atoms with E-state index in [0.717, 1.165) is 4.90 Å². The van der Waals surface area contributed by atoms with Crippen LogP contribution in [0.2, 0.25) is 0 Å². The molecule has 19 heavy (non-hydrogen) atoms. The van der Waals surface area contributed by atoms with Crippen LogP contribution in [0.5, 0.6) is 0 Å². The van der Waals surface area contributed by atoms with Crippen LogP contribution in [0.15, 0.2) is 20.1 Å². The number of hydrogen-bond donors (Lipinski definition) is 0. The molecule has 0 fully saturated rings. The quantitative estimate of drug-likeness (QED) is 0.377. The number of halogens is 4. The first-order valence-electron chi connectivity index (χ1n) is 4.38. The third-order valence-corrected chi connectivity index (χ3v) is 3.50. The van der Waals surface area contributed by atoms with Crippen molar-refractivity contribution in [2.24, 2.45) is 0 Å². The van der Waals surface area contributed by atoms with Gasteiger partial charge in [0.05, 0.1) is 0 Å². The summed E-state index contributed by atoms with van der Waals surface area (Å²) in [6, 6.07) is 0. The molecule has 0 saturated heterocycles. The summed E-state index contributed by atoms with van der Waals surface area (Å²) in [5.74, 6) is -2.85. The lowest BCUT2D eigenvalue weighted by atomic mass is 10.5. The van der Waals surface area contributed by atoms with Gasteiger partial charge < -0.3 is 4.74 Å². The van der Waals surface area contributed by atoms with E-state index in [2.05, 4.69) is 4.74 Å². The van der Waals surface area contributed by atoms with Crippen molar-refractivity contribution in [2.45, 2.75) is 0 Å². The molecule has 2 amide bonds. The van der Waals surface area contributed by atoms with Crippen LogP contribution in [0.3, 0.4) is 0 Å². The van der Waals surface area contributed by atoms with Gasteiger partial charge in [-0.15, -0.1) is 0 Å². The largest absolute Gasteiger partial charge is 0.384 e. The molecule has 0 aromatic carbocycles. The fourth-order valence-electron chi connectivity index (χ4n) is 0.927. The Balaban J connectivity index is 0.000000345. The van der Waals surface area contributed by atoms with Crippen molar-refractivity contribution in [1.29, 1.82) is 0 Å². The first-order valence-corrected chi connectivity index (χ1v) is 5.89. The molecule has 2 heterocycles. The molecule has 0 aliphatic carbocycles. The Morgan fingerprint density at radius 3 is 1.21 bits per heavy atom. The first-order chi connectivity index (χ1) is 8.68. The van der Waals surface area contributed by atoms with Crippen molar-refractivity contribution in [2.75, 3.05) is 7.05 Å². The van der Waals surface area contributed by atoms with E-state index in [1.54, 1.807) is 0 Å². The zero-order valence-corrected chi connectivity index (χ0v) is 12.0. The Kier molecular flexibility index (Phi) is 4.98. The normalized spacial score (nSPS) is 19.1. The lowest BCUT2D eigenvalue weighted by molar-refractivity contribution is -0.150. The van der Waals surface area contributed by atoms with Crippen LogP contribution in [0, 0.1) is 0 Å². The number of hydrogen-bond acceptors (Lipinski definition) is 5. The van der Waals surface area contributed by atoms with Crippen LogP contribution >= 0.6 is 46.4 Å². The third-order valence-electron chi connectivity index (χ3n) is 1.91. The molecule has 2 aliphatic rings. The molecule has 0 bridgehead atoms. The standard InChI is InChI=1S/C5H3Cl2NO2.C4Cl2O3.H2/c1-8-4(9)2(6)3(7)5(8)10;5-1-2(6)4(8)9-3(1)7;/h1H3;;1H/i;;1+1. The van der Waals surface area contributed by atoms with E-state index in [9.17, 15) is 19.2 Å². The second kappa shape index (κ2) is 5.92. The van der Waals surface area contributed by atoms with E-state index in [1.807, 2.05) is 0 Å². The van der Waals surface area contributed by atoms with Gasteiger partial charge >= 0.3 is 11.9 Å². The predicted octanol–water partition coefficient (Wildman–Crippen LogP) is 1.68. The Labute approximate surface area is 127 Å². The number of ether oxygens (including phenoxy) is 1. The summed E-state index contributed by atoms with van der Waals surface area (Å²) in [6.45, 7) is 0. The summed E-state index contributed by atoms with van der Waals surface area (Å²) >= 11 is 21.0. The molecule has 6 nitrogen and oxygen atoms in total. The van der Waals surface area contributed by atoms with E-state index < -0.39 is 23.8 Å². The molecule has 0 aromatic rings. The minimum atomic E-state index is -0.883. The van der Waals surface area contributed by atoms with Gasteiger partial charge in [-0.25, -0.2) is 9.59 Å². The summed E-state index contributed by atoms with van der Waals surface area (Å²) in [4.78, 5) is 42.9. The van der Waals surface area contributed by atoms with Gasteiger partial charge in [-0.1, -0.05) is 46.4 Å². The van der Waals surface area contributed by atoms with Crippen molar-refractivity contribution in [3.63, 3.8) is 0 Å². The van der Waals surface area contributed by atoms with Gasteiger partial charge in [-0.05, 0) is 0 Å².